The van der Waals surface area contributed by atoms with Crippen LogP contribution >= 0.6 is 23.6 Å². The number of thiophene rings is 1. The summed E-state index contributed by atoms with van der Waals surface area (Å²) in [6.07, 6.45) is 11.6. The Kier molecular flexibility index (Phi) is 8.68. The number of esters is 1. The molecule has 140 valence electrons. The number of aryl methyl sites for hydroxylation is 1. The van der Waals surface area contributed by atoms with Crippen molar-refractivity contribution >= 4 is 39.6 Å². The number of rotatable bonds is 7. The van der Waals surface area contributed by atoms with Crippen molar-refractivity contribution in [2.24, 2.45) is 0 Å². The number of hydrogen-bond acceptors (Lipinski definition) is 4. The zero-order valence-electron chi connectivity index (χ0n) is 15.4. The summed E-state index contributed by atoms with van der Waals surface area (Å²) in [7, 11) is 1.45. The van der Waals surface area contributed by atoms with Gasteiger partial charge in [0.25, 0.3) is 0 Å². The maximum atomic E-state index is 12.4. The summed E-state index contributed by atoms with van der Waals surface area (Å²) in [4.78, 5) is 13.7. The first-order chi connectivity index (χ1) is 12.2. The molecular formula is C19H30N2O2S2. The van der Waals surface area contributed by atoms with Crippen molar-refractivity contribution in [1.29, 1.82) is 0 Å². The lowest BCUT2D eigenvalue weighted by molar-refractivity contribution is 0.0601. The second-order valence-electron chi connectivity index (χ2n) is 6.56. The highest BCUT2D eigenvalue weighted by atomic mass is 32.1. The number of nitrogens with one attached hydrogen (secondary N) is 2. The maximum Gasteiger partial charge on any atom is 0.341 e. The molecule has 0 saturated heterocycles. The van der Waals surface area contributed by atoms with Gasteiger partial charge in [0, 0.05) is 11.4 Å². The van der Waals surface area contributed by atoms with Gasteiger partial charge in [0.05, 0.1) is 12.7 Å². The van der Waals surface area contributed by atoms with Crippen molar-refractivity contribution in [1.82, 2.24) is 5.32 Å². The number of carbonyl (C=O) groups is 1. The highest BCUT2D eigenvalue weighted by Gasteiger charge is 2.25. The van der Waals surface area contributed by atoms with Crippen LogP contribution in [0.3, 0.4) is 0 Å². The highest BCUT2D eigenvalue weighted by molar-refractivity contribution is 7.80. The second kappa shape index (κ2) is 10.8. The van der Waals surface area contributed by atoms with Crippen LogP contribution in [0.15, 0.2) is 0 Å². The maximum absolute atomic E-state index is 12.4. The molecule has 1 aliphatic rings. The van der Waals surface area contributed by atoms with Crippen molar-refractivity contribution in [3.8, 4) is 0 Å². The van der Waals surface area contributed by atoms with Gasteiger partial charge >= 0.3 is 5.97 Å². The predicted molar refractivity (Wildman–Crippen MR) is 110 cm³/mol. The molecule has 6 heteroatoms. The molecule has 0 saturated carbocycles. The average Bonchev–Trinajstić information content (AvgIpc) is 2.90. The van der Waals surface area contributed by atoms with E-state index >= 15 is 0 Å². The van der Waals surface area contributed by atoms with Crippen LogP contribution in [0.1, 0.15) is 79.1 Å². The topological polar surface area (TPSA) is 50.4 Å². The Morgan fingerprint density at radius 3 is 2.64 bits per heavy atom. The summed E-state index contributed by atoms with van der Waals surface area (Å²) < 4.78 is 5.04. The van der Waals surface area contributed by atoms with Crippen LogP contribution in [0.25, 0.3) is 0 Å². The zero-order chi connectivity index (χ0) is 18.1. The van der Waals surface area contributed by atoms with Gasteiger partial charge in [-0.1, -0.05) is 39.0 Å². The summed E-state index contributed by atoms with van der Waals surface area (Å²) in [6.45, 7) is 3.07. The smallest absolute Gasteiger partial charge is 0.341 e. The minimum absolute atomic E-state index is 0.258. The largest absolute Gasteiger partial charge is 0.465 e. The molecule has 1 aromatic rings. The van der Waals surface area contributed by atoms with Gasteiger partial charge in [0.15, 0.2) is 5.11 Å². The van der Waals surface area contributed by atoms with Crippen molar-refractivity contribution in [2.45, 2.75) is 71.1 Å². The Balaban J connectivity index is 2.06. The normalized spacial score (nSPS) is 14.2. The lowest BCUT2D eigenvalue weighted by Gasteiger charge is -2.12. The van der Waals surface area contributed by atoms with Crippen LogP contribution < -0.4 is 10.6 Å². The van der Waals surface area contributed by atoms with Gasteiger partial charge in [-0.05, 0) is 49.9 Å². The molecule has 25 heavy (non-hydrogen) atoms. The molecule has 2 N–H and O–H groups in total. The highest BCUT2D eigenvalue weighted by Crippen LogP contribution is 2.37. The van der Waals surface area contributed by atoms with Crippen LogP contribution in [0.4, 0.5) is 5.00 Å². The molecule has 1 heterocycles. The van der Waals surface area contributed by atoms with Gasteiger partial charge in [-0.25, -0.2) is 4.79 Å². The molecule has 2 rings (SSSR count). The quantitative estimate of drug-likeness (QED) is 0.392. The molecular weight excluding hydrogens is 352 g/mol. The molecule has 0 aromatic carbocycles. The molecule has 0 atom stereocenters. The first-order valence-electron chi connectivity index (χ1n) is 9.45. The first-order valence-corrected chi connectivity index (χ1v) is 10.7. The van der Waals surface area contributed by atoms with Crippen LogP contribution in [0.5, 0.6) is 0 Å². The molecule has 1 aliphatic carbocycles. The molecule has 1 aromatic heterocycles. The van der Waals surface area contributed by atoms with E-state index in [1.54, 1.807) is 11.3 Å². The Bertz CT molecular complexity index is 584. The van der Waals surface area contributed by atoms with Crippen LogP contribution in [0.2, 0.25) is 0 Å². The van der Waals surface area contributed by atoms with Gasteiger partial charge < -0.3 is 15.4 Å². The summed E-state index contributed by atoms with van der Waals surface area (Å²) in [6, 6.07) is 0. The Labute approximate surface area is 160 Å². The SMILES string of the molecule is CCCCCCNC(=S)Nc1sc2c(c1C(=O)OC)CCCCCC2. The third kappa shape index (κ3) is 5.96. The van der Waals surface area contributed by atoms with E-state index in [-0.39, 0.29) is 5.97 Å². The average molecular weight is 383 g/mol. The minimum Gasteiger partial charge on any atom is -0.465 e. The van der Waals surface area contributed by atoms with Gasteiger partial charge in [0.2, 0.25) is 0 Å². The fraction of sp³-hybridized carbons (Fsp3) is 0.684. The zero-order valence-corrected chi connectivity index (χ0v) is 17.0. The lowest BCUT2D eigenvalue weighted by atomic mass is 9.96. The molecule has 0 bridgehead atoms. The number of thiocarbonyl (C=S) groups is 1. The van der Waals surface area contributed by atoms with Crippen molar-refractivity contribution in [3.05, 3.63) is 16.0 Å². The van der Waals surface area contributed by atoms with Crippen molar-refractivity contribution < 1.29 is 9.53 Å². The van der Waals surface area contributed by atoms with E-state index in [9.17, 15) is 4.79 Å². The second-order valence-corrected chi connectivity index (χ2v) is 8.07. The molecule has 0 spiro atoms. The van der Waals surface area contributed by atoms with Gasteiger partial charge in [-0.15, -0.1) is 11.3 Å². The molecule has 0 radical (unpaired) electrons. The number of methoxy groups -OCH3 is 1. The summed E-state index contributed by atoms with van der Waals surface area (Å²) in [5.41, 5.74) is 1.87. The van der Waals surface area contributed by atoms with Crippen molar-refractivity contribution in [2.75, 3.05) is 19.0 Å². The standard InChI is InChI=1S/C19H30N2O2S2/c1-3-4-5-10-13-20-19(24)21-17-16(18(22)23-2)14-11-8-6-7-9-12-15(14)25-17/h3-13H2,1-2H3,(H2,20,21,24). The fourth-order valence-corrected chi connectivity index (χ4v) is 4.78. The van der Waals surface area contributed by atoms with E-state index in [0.29, 0.717) is 10.7 Å². The number of anilines is 1. The van der Waals surface area contributed by atoms with E-state index in [0.717, 1.165) is 37.2 Å². The Hall–Kier alpha value is -1.14. The minimum atomic E-state index is -0.258. The van der Waals surface area contributed by atoms with E-state index in [4.69, 9.17) is 17.0 Å². The van der Waals surface area contributed by atoms with Crippen LogP contribution in [0, 0.1) is 0 Å². The molecule has 0 fully saturated rings. The van der Waals surface area contributed by atoms with E-state index < -0.39 is 0 Å². The first kappa shape index (κ1) is 20.2. The van der Waals surface area contributed by atoms with Gasteiger partial charge in [-0.2, -0.15) is 0 Å². The third-order valence-electron chi connectivity index (χ3n) is 4.60. The lowest BCUT2D eigenvalue weighted by Crippen LogP contribution is -2.29. The molecule has 0 unspecified atom stereocenters. The number of ether oxygens (including phenoxy) is 1. The van der Waals surface area contributed by atoms with Gasteiger partial charge in [0.1, 0.15) is 5.00 Å². The fourth-order valence-electron chi connectivity index (χ4n) is 3.23. The van der Waals surface area contributed by atoms with Gasteiger partial charge in [-0.3, -0.25) is 0 Å². The van der Waals surface area contributed by atoms with Crippen LogP contribution in [-0.2, 0) is 17.6 Å². The summed E-state index contributed by atoms with van der Waals surface area (Å²) >= 11 is 7.09. The van der Waals surface area contributed by atoms with Crippen molar-refractivity contribution in [3.63, 3.8) is 0 Å². The van der Waals surface area contributed by atoms with E-state index in [1.807, 2.05) is 0 Å². The third-order valence-corrected chi connectivity index (χ3v) is 6.06. The molecule has 0 aliphatic heterocycles. The monoisotopic (exact) mass is 382 g/mol. The molecule has 4 nitrogen and oxygen atoms in total. The number of unbranched alkanes of at least 4 members (excludes halogenated alkanes) is 3. The van der Waals surface area contributed by atoms with E-state index in [2.05, 4.69) is 17.6 Å². The molecule has 0 amide bonds. The summed E-state index contributed by atoms with van der Waals surface area (Å²) in [5, 5.41) is 7.94. The number of fused-ring (bicyclic) bond motifs is 1. The van der Waals surface area contributed by atoms with E-state index in [1.165, 1.54) is 56.1 Å². The van der Waals surface area contributed by atoms with Crippen LogP contribution in [-0.4, -0.2) is 24.7 Å². The summed E-state index contributed by atoms with van der Waals surface area (Å²) in [5.74, 6) is -0.258. The Morgan fingerprint density at radius 1 is 1.16 bits per heavy atom. The number of hydrogen-bond donors (Lipinski definition) is 2. The Morgan fingerprint density at radius 2 is 1.92 bits per heavy atom. The number of carbonyl (C=O) groups excluding carboxylic acids is 1. The predicted octanol–water partition coefficient (Wildman–Crippen LogP) is 5.06.